The van der Waals surface area contributed by atoms with Gasteiger partial charge < -0.3 is 10.8 Å². The van der Waals surface area contributed by atoms with E-state index in [0.29, 0.717) is 0 Å². The maximum absolute atomic E-state index is 13.0. The molecule has 0 fully saturated rings. The Labute approximate surface area is 187 Å². The van der Waals surface area contributed by atoms with Gasteiger partial charge in [0.1, 0.15) is 0 Å². The maximum Gasteiger partial charge on any atom is 0.490 e. The Morgan fingerprint density at radius 2 is 1.73 bits per heavy atom. The van der Waals surface area contributed by atoms with Crippen LogP contribution in [-0.4, -0.2) is 34.1 Å². The van der Waals surface area contributed by atoms with Gasteiger partial charge >= 0.3 is 12.1 Å². The minimum Gasteiger partial charge on any atom is -0.475 e. The van der Waals surface area contributed by atoms with Crippen molar-refractivity contribution in [1.82, 2.24) is 4.98 Å². The predicted octanol–water partition coefficient (Wildman–Crippen LogP) is 4.09. The number of halogens is 3. The number of amides is 1. The van der Waals surface area contributed by atoms with Crippen LogP contribution in [0.1, 0.15) is 17.2 Å². The number of carbonyl (C=O) groups is 2. The van der Waals surface area contributed by atoms with Crippen molar-refractivity contribution in [3.63, 3.8) is 0 Å². The van der Waals surface area contributed by atoms with E-state index >= 15 is 0 Å². The number of guanidine groups is 1. The molecule has 10 heteroatoms. The molecule has 1 unspecified atom stereocenters. The van der Waals surface area contributed by atoms with E-state index in [1.54, 1.807) is 12.4 Å². The number of pyridine rings is 1. The fourth-order valence-electron chi connectivity index (χ4n) is 3.18. The number of nitrogens with zero attached hydrogens (tertiary/aromatic N) is 3. The molecule has 33 heavy (non-hydrogen) atoms. The number of nitrogens with two attached hydrogens (primary N) is 1. The van der Waals surface area contributed by atoms with Gasteiger partial charge in [-0.15, -0.1) is 0 Å². The lowest BCUT2D eigenvalue weighted by Gasteiger charge is -2.19. The lowest BCUT2D eigenvalue weighted by atomic mass is 10.0. The Hall–Kier alpha value is -4.21. The minimum absolute atomic E-state index is 0.139. The van der Waals surface area contributed by atoms with Crippen LogP contribution in [0, 0.1) is 6.92 Å². The number of carboxylic acid groups (broad SMARTS) is 1. The monoisotopic (exact) mass is 456 g/mol. The second-order valence-electron chi connectivity index (χ2n) is 7.02. The summed E-state index contributed by atoms with van der Waals surface area (Å²) < 4.78 is 31.7. The fraction of sp³-hybridized carbons (Fsp3) is 0.130. The molecule has 1 aliphatic rings. The van der Waals surface area contributed by atoms with Crippen molar-refractivity contribution >= 4 is 23.5 Å². The van der Waals surface area contributed by atoms with Crippen molar-refractivity contribution in [2.45, 2.75) is 19.1 Å². The molecule has 1 aromatic heterocycles. The molecule has 7 nitrogen and oxygen atoms in total. The molecule has 0 radical (unpaired) electrons. The summed E-state index contributed by atoms with van der Waals surface area (Å²) in [4.78, 5) is 32.0. The Kier molecular flexibility index (Phi) is 6.76. The Balaban J connectivity index is 0.000000383. The molecule has 1 aliphatic heterocycles. The van der Waals surface area contributed by atoms with E-state index in [0.717, 1.165) is 27.9 Å². The number of carbonyl (C=O) groups excluding carboxylic acids is 1. The number of alkyl halides is 3. The number of aliphatic carboxylic acids is 1. The van der Waals surface area contributed by atoms with Gasteiger partial charge in [0, 0.05) is 12.4 Å². The van der Waals surface area contributed by atoms with Crippen LogP contribution in [0.3, 0.4) is 0 Å². The predicted molar refractivity (Wildman–Crippen MR) is 116 cm³/mol. The standard InChI is InChI=1S/C21H18N4O.C2HF3O2/c1-14-6-2-3-10-18(14)25-20(26)19(24-21(25)22)16-8-4-7-15(12-16)17-9-5-11-23-13-17;3-2(4,5)1(6)7/h2-13,19H,1H3,(H2,22,24);(H,6,7). The number of anilines is 1. The minimum atomic E-state index is -5.08. The summed E-state index contributed by atoms with van der Waals surface area (Å²) in [5.41, 5.74) is 10.6. The van der Waals surface area contributed by atoms with Crippen LogP contribution in [0.15, 0.2) is 78.0 Å². The summed E-state index contributed by atoms with van der Waals surface area (Å²) in [5, 5.41) is 7.12. The van der Waals surface area contributed by atoms with Crippen LogP contribution in [-0.2, 0) is 9.59 Å². The highest BCUT2D eigenvalue weighted by Gasteiger charge is 2.38. The van der Waals surface area contributed by atoms with Gasteiger partial charge in [0.05, 0.1) is 5.69 Å². The van der Waals surface area contributed by atoms with Crippen LogP contribution in [0.25, 0.3) is 11.1 Å². The summed E-state index contributed by atoms with van der Waals surface area (Å²) in [5.74, 6) is -2.67. The van der Waals surface area contributed by atoms with Crippen LogP contribution in [0.2, 0.25) is 0 Å². The number of rotatable bonds is 3. The first kappa shape index (κ1) is 23.5. The van der Waals surface area contributed by atoms with Gasteiger partial charge in [-0.3, -0.25) is 9.78 Å². The van der Waals surface area contributed by atoms with Crippen LogP contribution >= 0.6 is 0 Å². The van der Waals surface area contributed by atoms with Crippen molar-refractivity contribution < 1.29 is 27.9 Å². The first-order valence-electron chi connectivity index (χ1n) is 9.63. The molecule has 0 aliphatic carbocycles. The number of aromatic nitrogens is 1. The first-order chi connectivity index (χ1) is 15.6. The van der Waals surface area contributed by atoms with Gasteiger partial charge in [-0.2, -0.15) is 13.2 Å². The molecular formula is C23H19F3N4O3. The maximum atomic E-state index is 13.0. The molecule has 0 spiro atoms. The van der Waals surface area contributed by atoms with E-state index in [4.69, 9.17) is 15.6 Å². The molecule has 1 atom stereocenters. The second-order valence-corrected chi connectivity index (χ2v) is 7.02. The fourth-order valence-corrected chi connectivity index (χ4v) is 3.18. The third kappa shape index (κ3) is 5.35. The number of para-hydroxylation sites is 1. The first-order valence-corrected chi connectivity index (χ1v) is 9.63. The molecule has 0 saturated carbocycles. The van der Waals surface area contributed by atoms with Crippen molar-refractivity contribution in [2.24, 2.45) is 10.7 Å². The number of aliphatic imine (C=N–C) groups is 1. The van der Waals surface area contributed by atoms with Gasteiger partial charge in [-0.1, -0.05) is 42.5 Å². The average molecular weight is 456 g/mol. The highest BCUT2D eigenvalue weighted by molar-refractivity contribution is 6.21. The van der Waals surface area contributed by atoms with Gasteiger partial charge in [0.15, 0.2) is 6.04 Å². The summed E-state index contributed by atoms with van der Waals surface area (Å²) in [6, 6.07) is 18.7. The van der Waals surface area contributed by atoms with Crippen molar-refractivity contribution in [3.05, 3.63) is 84.2 Å². The molecule has 3 aromatic rings. The summed E-state index contributed by atoms with van der Waals surface area (Å²) in [6.45, 7) is 1.95. The number of aryl methyl sites for hydroxylation is 1. The van der Waals surface area contributed by atoms with E-state index in [1.165, 1.54) is 4.90 Å². The number of hydrogen-bond donors (Lipinski definition) is 2. The van der Waals surface area contributed by atoms with Crippen LogP contribution in [0.4, 0.5) is 18.9 Å². The zero-order valence-corrected chi connectivity index (χ0v) is 17.3. The van der Waals surface area contributed by atoms with Gasteiger partial charge in [0.25, 0.3) is 5.91 Å². The van der Waals surface area contributed by atoms with E-state index in [9.17, 15) is 18.0 Å². The molecule has 2 aromatic carbocycles. The van der Waals surface area contributed by atoms with Gasteiger partial charge in [-0.25, -0.2) is 14.7 Å². The van der Waals surface area contributed by atoms with E-state index < -0.39 is 18.2 Å². The number of benzene rings is 2. The average Bonchev–Trinajstić information content (AvgIpc) is 3.08. The van der Waals surface area contributed by atoms with Gasteiger partial charge in [0.2, 0.25) is 5.96 Å². The number of hydrogen-bond acceptors (Lipinski definition) is 5. The SMILES string of the molecule is Cc1ccccc1N1C(=O)C(c2cccc(-c3cccnc3)c2)N=C1N.O=C(O)C(F)(F)F. The molecule has 2 heterocycles. The van der Waals surface area contributed by atoms with Crippen molar-refractivity contribution in [3.8, 4) is 11.1 Å². The third-order valence-corrected chi connectivity index (χ3v) is 4.74. The zero-order valence-electron chi connectivity index (χ0n) is 17.3. The van der Waals surface area contributed by atoms with Gasteiger partial charge in [-0.05, 0) is 47.4 Å². The molecule has 4 rings (SSSR count). The second kappa shape index (κ2) is 9.51. The molecule has 0 bridgehead atoms. The highest BCUT2D eigenvalue weighted by atomic mass is 19.4. The third-order valence-electron chi connectivity index (χ3n) is 4.74. The van der Waals surface area contributed by atoms with Crippen LogP contribution in [0.5, 0.6) is 0 Å². The Morgan fingerprint density at radius 3 is 2.33 bits per heavy atom. The Morgan fingerprint density at radius 1 is 1.06 bits per heavy atom. The lowest BCUT2D eigenvalue weighted by molar-refractivity contribution is -0.192. The topological polar surface area (TPSA) is 109 Å². The smallest absolute Gasteiger partial charge is 0.475 e. The van der Waals surface area contributed by atoms with E-state index in [2.05, 4.69) is 9.98 Å². The van der Waals surface area contributed by atoms with E-state index in [1.807, 2.05) is 67.6 Å². The highest BCUT2D eigenvalue weighted by Crippen LogP contribution is 2.32. The molecule has 1 amide bonds. The summed E-state index contributed by atoms with van der Waals surface area (Å²) >= 11 is 0. The lowest BCUT2D eigenvalue weighted by Crippen LogP contribution is -2.38. The number of carboxylic acids is 1. The van der Waals surface area contributed by atoms with Crippen LogP contribution < -0.4 is 10.6 Å². The largest absolute Gasteiger partial charge is 0.490 e. The molecule has 0 saturated heterocycles. The quantitative estimate of drug-likeness (QED) is 0.617. The molecule has 170 valence electrons. The molecule has 3 N–H and O–H groups in total. The summed E-state index contributed by atoms with van der Waals surface area (Å²) in [7, 11) is 0. The van der Waals surface area contributed by atoms with E-state index in [-0.39, 0.29) is 11.9 Å². The van der Waals surface area contributed by atoms with Crippen molar-refractivity contribution in [1.29, 1.82) is 0 Å². The normalized spacial score (nSPS) is 15.5. The molecular weight excluding hydrogens is 437 g/mol. The van der Waals surface area contributed by atoms with Crippen molar-refractivity contribution in [2.75, 3.05) is 4.90 Å². The summed E-state index contributed by atoms with van der Waals surface area (Å²) in [6.07, 6.45) is -1.55. The Bertz CT molecular complexity index is 1200. The zero-order chi connectivity index (χ0) is 24.2.